The molecule has 120 valence electrons. The predicted octanol–water partition coefficient (Wildman–Crippen LogP) is 2.19. The number of carbonyl (C=O) groups is 1. The highest BCUT2D eigenvalue weighted by Gasteiger charge is 2.33. The molecule has 1 aliphatic carbocycles. The Morgan fingerprint density at radius 1 is 1.41 bits per heavy atom. The number of nitrogens with zero attached hydrogens (tertiary/aromatic N) is 1. The Morgan fingerprint density at radius 3 is 2.91 bits per heavy atom. The van der Waals surface area contributed by atoms with E-state index in [2.05, 4.69) is 11.4 Å². The second-order valence-corrected chi connectivity index (χ2v) is 6.12. The van der Waals surface area contributed by atoms with Gasteiger partial charge in [-0.2, -0.15) is 0 Å². The SMILES string of the molecule is COC[C@H](NC(=O)N1CCc2c(cccc2OC)C1)C1CC1. The van der Waals surface area contributed by atoms with Crippen molar-refractivity contribution in [1.29, 1.82) is 0 Å². The predicted molar refractivity (Wildman–Crippen MR) is 84.0 cm³/mol. The van der Waals surface area contributed by atoms with E-state index < -0.39 is 0 Å². The number of fused-ring (bicyclic) bond motifs is 1. The number of hydrogen-bond donors (Lipinski definition) is 1. The Balaban J connectivity index is 1.65. The average molecular weight is 304 g/mol. The molecule has 0 radical (unpaired) electrons. The van der Waals surface area contributed by atoms with Crippen LogP contribution in [0.4, 0.5) is 4.79 Å². The van der Waals surface area contributed by atoms with E-state index in [0.717, 1.165) is 18.7 Å². The molecule has 1 atom stereocenters. The van der Waals surface area contributed by atoms with E-state index in [1.165, 1.54) is 24.0 Å². The van der Waals surface area contributed by atoms with Crippen LogP contribution in [0.2, 0.25) is 0 Å². The fourth-order valence-electron chi connectivity index (χ4n) is 3.16. The first kappa shape index (κ1) is 15.2. The molecule has 5 heteroatoms. The first-order chi connectivity index (χ1) is 10.7. The van der Waals surface area contributed by atoms with Gasteiger partial charge in [0, 0.05) is 25.8 Å². The van der Waals surface area contributed by atoms with Crippen LogP contribution < -0.4 is 10.1 Å². The van der Waals surface area contributed by atoms with Crippen molar-refractivity contribution in [3.63, 3.8) is 0 Å². The van der Waals surface area contributed by atoms with Crippen LogP contribution in [0, 0.1) is 5.92 Å². The second-order valence-electron chi connectivity index (χ2n) is 6.12. The summed E-state index contributed by atoms with van der Waals surface area (Å²) in [7, 11) is 3.38. The highest BCUT2D eigenvalue weighted by atomic mass is 16.5. The van der Waals surface area contributed by atoms with Crippen molar-refractivity contribution in [2.75, 3.05) is 27.4 Å². The van der Waals surface area contributed by atoms with Crippen LogP contribution in [0.3, 0.4) is 0 Å². The topological polar surface area (TPSA) is 50.8 Å². The van der Waals surface area contributed by atoms with Crippen LogP contribution in [0.1, 0.15) is 24.0 Å². The zero-order chi connectivity index (χ0) is 15.5. The van der Waals surface area contributed by atoms with Gasteiger partial charge in [-0.3, -0.25) is 0 Å². The van der Waals surface area contributed by atoms with Gasteiger partial charge in [0.25, 0.3) is 0 Å². The zero-order valence-corrected chi connectivity index (χ0v) is 13.3. The average Bonchev–Trinajstić information content (AvgIpc) is 3.38. The molecule has 1 aromatic carbocycles. The van der Waals surface area contributed by atoms with Gasteiger partial charge >= 0.3 is 6.03 Å². The standard InChI is InChI=1S/C17H24N2O3/c1-21-11-15(12-6-7-12)18-17(20)19-9-8-14-13(10-19)4-3-5-16(14)22-2/h3-5,12,15H,6-11H2,1-2H3,(H,18,20)/t15-/m0/s1. The summed E-state index contributed by atoms with van der Waals surface area (Å²) in [4.78, 5) is 14.4. The monoisotopic (exact) mass is 304 g/mol. The smallest absolute Gasteiger partial charge is 0.318 e. The number of rotatable bonds is 5. The summed E-state index contributed by atoms with van der Waals surface area (Å²) in [5.41, 5.74) is 2.40. The second kappa shape index (κ2) is 6.57. The van der Waals surface area contributed by atoms with Crippen molar-refractivity contribution in [2.24, 2.45) is 5.92 Å². The number of benzene rings is 1. The first-order valence-corrected chi connectivity index (χ1v) is 7.92. The highest BCUT2D eigenvalue weighted by Crippen LogP contribution is 2.33. The molecule has 0 bridgehead atoms. The first-order valence-electron chi connectivity index (χ1n) is 7.92. The summed E-state index contributed by atoms with van der Waals surface area (Å²) >= 11 is 0. The minimum absolute atomic E-state index is 0.0161. The Bertz CT molecular complexity index is 543. The van der Waals surface area contributed by atoms with Gasteiger partial charge in [0.15, 0.2) is 0 Å². The van der Waals surface area contributed by atoms with Crippen molar-refractivity contribution >= 4 is 6.03 Å². The van der Waals surface area contributed by atoms with Crippen molar-refractivity contribution in [1.82, 2.24) is 10.2 Å². The molecular weight excluding hydrogens is 280 g/mol. The highest BCUT2D eigenvalue weighted by molar-refractivity contribution is 5.75. The third-order valence-corrected chi connectivity index (χ3v) is 4.58. The van der Waals surface area contributed by atoms with E-state index in [-0.39, 0.29) is 12.1 Å². The van der Waals surface area contributed by atoms with Gasteiger partial charge in [-0.15, -0.1) is 0 Å². The van der Waals surface area contributed by atoms with Crippen molar-refractivity contribution in [2.45, 2.75) is 31.8 Å². The van der Waals surface area contributed by atoms with Crippen molar-refractivity contribution < 1.29 is 14.3 Å². The summed E-state index contributed by atoms with van der Waals surface area (Å²) in [6.07, 6.45) is 3.22. The van der Waals surface area contributed by atoms with E-state index in [1.54, 1.807) is 14.2 Å². The molecule has 1 saturated carbocycles. The summed E-state index contributed by atoms with van der Waals surface area (Å²) in [5.74, 6) is 1.51. The fourth-order valence-corrected chi connectivity index (χ4v) is 3.16. The molecule has 0 saturated heterocycles. The molecule has 2 amide bonds. The van der Waals surface area contributed by atoms with Crippen LogP contribution in [0.15, 0.2) is 18.2 Å². The Morgan fingerprint density at radius 2 is 2.23 bits per heavy atom. The molecule has 5 nitrogen and oxygen atoms in total. The molecular formula is C17H24N2O3. The largest absolute Gasteiger partial charge is 0.496 e. The van der Waals surface area contributed by atoms with Gasteiger partial charge in [-0.05, 0) is 36.8 Å². The number of urea groups is 1. The molecule has 0 spiro atoms. The molecule has 1 fully saturated rings. The van der Waals surface area contributed by atoms with Crippen LogP contribution >= 0.6 is 0 Å². The molecule has 1 aliphatic heterocycles. The number of hydrogen-bond acceptors (Lipinski definition) is 3. The lowest BCUT2D eigenvalue weighted by Crippen LogP contribution is -2.48. The maximum absolute atomic E-state index is 12.5. The van der Waals surface area contributed by atoms with Crippen LogP contribution in [-0.4, -0.2) is 44.3 Å². The molecule has 0 unspecified atom stereocenters. The molecule has 1 aromatic rings. The minimum atomic E-state index is 0.0161. The van der Waals surface area contributed by atoms with Crippen LogP contribution in [0.25, 0.3) is 0 Å². The number of nitrogens with one attached hydrogen (secondary N) is 1. The maximum Gasteiger partial charge on any atom is 0.318 e. The number of ether oxygens (including phenoxy) is 2. The number of methoxy groups -OCH3 is 2. The van der Waals surface area contributed by atoms with Gasteiger partial charge in [0.05, 0.1) is 19.8 Å². The molecule has 22 heavy (non-hydrogen) atoms. The summed E-state index contributed by atoms with van der Waals surface area (Å²) < 4.78 is 10.6. The summed E-state index contributed by atoms with van der Waals surface area (Å²) in [6.45, 7) is 1.96. The number of carbonyl (C=O) groups excluding carboxylic acids is 1. The maximum atomic E-state index is 12.5. The Hall–Kier alpha value is -1.75. The molecule has 2 aliphatic rings. The third-order valence-electron chi connectivity index (χ3n) is 4.58. The molecule has 1 heterocycles. The van der Waals surface area contributed by atoms with E-state index in [1.807, 2.05) is 17.0 Å². The molecule has 0 aromatic heterocycles. The third kappa shape index (κ3) is 3.19. The quantitative estimate of drug-likeness (QED) is 0.907. The van der Waals surface area contributed by atoms with E-state index in [0.29, 0.717) is 19.1 Å². The van der Waals surface area contributed by atoms with E-state index in [4.69, 9.17) is 9.47 Å². The summed E-state index contributed by atoms with van der Waals surface area (Å²) in [6, 6.07) is 6.20. The normalized spacial score (nSPS) is 18.5. The lowest BCUT2D eigenvalue weighted by molar-refractivity contribution is 0.145. The lowest BCUT2D eigenvalue weighted by Gasteiger charge is -2.31. The minimum Gasteiger partial charge on any atom is -0.496 e. The van der Waals surface area contributed by atoms with Gasteiger partial charge in [-0.25, -0.2) is 4.79 Å². The van der Waals surface area contributed by atoms with Crippen molar-refractivity contribution in [3.05, 3.63) is 29.3 Å². The van der Waals surface area contributed by atoms with E-state index >= 15 is 0 Å². The molecule has 3 rings (SSSR count). The van der Waals surface area contributed by atoms with Gasteiger partial charge in [0.2, 0.25) is 0 Å². The van der Waals surface area contributed by atoms with Crippen molar-refractivity contribution in [3.8, 4) is 5.75 Å². The fraction of sp³-hybridized carbons (Fsp3) is 0.588. The van der Waals surface area contributed by atoms with Crippen LogP contribution in [0.5, 0.6) is 5.75 Å². The van der Waals surface area contributed by atoms with Gasteiger partial charge < -0.3 is 19.7 Å². The number of amides is 2. The lowest BCUT2D eigenvalue weighted by atomic mass is 9.99. The molecule has 1 N–H and O–H groups in total. The Kier molecular flexibility index (Phi) is 4.52. The van der Waals surface area contributed by atoms with Crippen LogP contribution in [-0.2, 0) is 17.7 Å². The van der Waals surface area contributed by atoms with E-state index in [9.17, 15) is 4.79 Å². The van der Waals surface area contributed by atoms with Gasteiger partial charge in [0.1, 0.15) is 5.75 Å². The van der Waals surface area contributed by atoms with Gasteiger partial charge in [-0.1, -0.05) is 12.1 Å². The zero-order valence-electron chi connectivity index (χ0n) is 13.3. The Labute approximate surface area is 131 Å². The summed E-state index contributed by atoms with van der Waals surface area (Å²) in [5, 5.41) is 3.14.